The fourth-order valence-electron chi connectivity index (χ4n) is 4.91. The van der Waals surface area contributed by atoms with Gasteiger partial charge in [0.2, 0.25) is 0 Å². The molecule has 0 aromatic heterocycles. The topological polar surface area (TPSA) is 0 Å². The zero-order chi connectivity index (χ0) is 36.4. The number of benzene rings is 6. The fraction of sp³-hybridized carbons (Fsp3) is 0.182. The first-order valence-electron chi connectivity index (χ1n) is 17.5. The molecule has 0 aliphatic rings. The smallest absolute Gasteiger partial charge is 0.0622 e. The standard InChI is InChI=1S/2C18H15P.4C2H6S.Cu.In/c2*1-4-10-16(11-5-1)19(17-12-6-2-7-13-17)18-14-8-3-9-15-18;4*1-2-3;;/h2*1-15H;4*3H,2H2,1H3;;/q;;;;;;+1;+3/p-4. The average Bonchev–Trinajstić information content (AvgIpc) is 3.19. The van der Waals surface area contributed by atoms with Crippen molar-refractivity contribution in [2.45, 2.75) is 27.7 Å². The van der Waals surface area contributed by atoms with Gasteiger partial charge < -0.3 is 12.6 Å². The average molecular weight is 947 g/mol. The summed E-state index contributed by atoms with van der Waals surface area (Å²) in [5, 5.41) is 8.39. The van der Waals surface area contributed by atoms with Crippen molar-refractivity contribution in [3.8, 4) is 0 Å². The van der Waals surface area contributed by atoms with E-state index in [0.29, 0.717) is 0 Å². The maximum Gasteiger partial charge on any atom is 1.00 e. The normalized spacial score (nSPS) is 9.98. The van der Waals surface area contributed by atoms with E-state index >= 15 is 0 Å². The first-order chi connectivity index (χ1) is 25.2. The molecule has 52 heavy (non-hydrogen) atoms. The van der Waals surface area contributed by atoms with Gasteiger partial charge in [-0.15, -0.1) is 0 Å². The van der Waals surface area contributed by atoms with Gasteiger partial charge in [0.25, 0.3) is 0 Å². The summed E-state index contributed by atoms with van der Waals surface area (Å²) in [4.78, 5) is 0. The van der Waals surface area contributed by atoms with Crippen molar-refractivity contribution in [1.29, 1.82) is 0 Å². The summed E-state index contributed by atoms with van der Waals surface area (Å²) in [6.07, 6.45) is 0. The third kappa shape index (κ3) is 17.6. The monoisotopic (exact) mass is 946 g/mol. The zero-order valence-electron chi connectivity index (χ0n) is 30.6. The van der Waals surface area contributed by atoms with Crippen LogP contribution in [0.15, 0.2) is 182 Å². The maximum atomic E-state index is 4.39. The van der Waals surface area contributed by atoms with Gasteiger partial charge in [-0.05, 0) is 47.7 Å². The SMILES string of the molecule is CC[S-].CC[S][In]([S]CC)[S]CC.[Cu+].c1ccc(P(c2ccccc2)c2ccccc2)cc1.c1ccc(P(c2ccccc2)c2ccccc2)cc1. The van der Waals surface area contributed by atoms with E-state index < -0.39 is 32.9 Å². The minimum atomic E-state index is -1.13. The molecular formula is C44H50CuInP2S4. The first kappa shape index (κ1) is 47.1. The predicted molar refractivity (Wildman–Crippen MR) is 248 cm³/mol. The van der Waals surface area contributed by atoms with E-state index in [1.807, 2.05) is 6.92 Å². The predicted octanol–water partition coefficient (Wildman–Crippen LogP) is 10.7. The molecule has 0 aliphatic heterocycles. The molecular weight excluding hydrogens is 897 g/mol. The summed E-state index contributed by atoms with van der Waals surface area (Å²) in [7, 11) is 5.89. The maximum absolute atomic E-state index is 4.39. The molecule has 0 heterocycles. The molecule has 0 bridgehead atoms. The van der Waals surface area contributed by atoms with Crippen LogP contribution in [0, 0.1) is 0 Å². The van der Waals surface area contributed by atoms with Gasteiger partial charge >= 0.3 is 97.9 Å². The molecule has 274 valence electrons. The van der Waals surface area contributed by atoms with E-state index in [1.165, 1.54) is 49.1 Å². The van der Waals surface area contributed by atoms with E-state index in [1.54, 1.807) is 0 Å². The van der Waals surface area contributed by atoms with Crippen LogP contribution in [0.4, 0.5) is 0 Å². The van der Waals surface area contributed by atoms with Crippen LogP contribution in [0.5, 0.6) is 0 Å². The molecule has 0 N–H and O–H groups in total. The van der Waals surface area contributed by atoms with Crippen molar-refractivity contribution in [2.24, 2.45) is 0 Å². The Morgan fingerprint density at radius 2 is 0.519 bits per heavy atom. The summed E-state index contributed by atoms with van der Waals surface area (Å²) >= 11 is 3.26. The summed E-state index contributed by atoms with van der Waals surface area (Å²) in [6.45, 7) is 8.78. The van der Waals surface area contributed by atoms with E-state index in [2.05, 4.69) is 241 Å². The Bertz CT molecular complexity index is 1350. The van der Waals surface area contributed by atoms with Gasteiger partial charge in [0, 0.05) is 0 Å². The molecule has 0 aliphatic carbocycles. The first-order valence-corrected chi connectivity index (χ1v) is 36.0. The second-order valence-corrected chi connectivity index (χ2v) is 44.1. The summed E-state index contributed by atoms with van der Waals surface area (Å²) < 4.78 is 0. The van der Waals surface area contributed by atoms with Gasteiger partial charge in [0.15, 0.2) is 0 Å². The summed E-state index contributed by atoms with van der Waals surface area (Å²) in [5.74, 6) is 4.84. The van der Waals surface area contributed by atoms with Crippen molar-refractivity contribution in [3.63, 3.8) is 0 Å². The van der Waals surface area contributed by atoms with Crippen molar-refractivity contribution in [3.05, 3.63) is 182 Å². The Hall–Kier alpha value is -1.03. The second-order valence-electron chi connectivity index (χ2n) is 10.6. The third-order valence-corrected chi connectivity index (χ3v) is 45.7. The second kappa shape index (κ2) is 30.2. The van der Waals surface area contributed by atoms with Crippen LogP contribution < -0.4 is 31.8 Å². The molecule has 0 unspecified atom stereocenters. The molecule has 0 saturated carbocycles. The van der Waals surface area contributed by atoms with Gasteiger partial charge in [0.1, 0.15) is 0 Å². The number of rotatable bonds is 12. The number of hydrogen-bond acceptors (Lipinski definition) is 4. The zero-order valence-corrected chi connectivity index (χ0v) is 39.8. The van der Waals surface area contributed by atoms with Crippen LogP contribution in [0.3, 0.4) is 0 Å². The van der Waals surface area contributed by atoms with Gasteiger partial charge in [0.05, 0.1) is 0 Å². The quantitative estimate of drug-likeness (QED) is 0.0681. The molecule has 6 aromatic carbocycles. The molecule has 0 saturated heterocycles. The number of hydrogen-bond donors (Lipinski definition) is 0. The van der Waals surface area contributed by atoms with Crippen LogP contribution in [0.1, 0.15) is 27.7 Å². The van der Waals surface area contributed by atoms with E-state index in [4.69, 9.17) is 0 Å². The van der Waals surface area contributed by atoms with Crippen LogP contribution >= 0.6 is 41.6 Å². The Kier molecular flexibility index (Phi) is 27.4. The Morgan fingerprint density at radius 3 is 0.654 bits per heavy atom. The molecule has 8 heteroatoms. The molecule has 6 aromatic rings. The molecule has 0 radical (unpaired) electrons. The van der Waals surface area contributed by atoms with E-state index in [9.17, 15) is 0 Å². The van der Waals surface area contributed by atoms with E-state index in [-0.39, 0.29) is 17.1 Å². The van der Waals surface area contributed by atoms with Gasteiger partial charge in [-0.2, -0.15) is 5.75 Å². The van der Waals surface area contributed by atoms with Crippen LogP contribution in [0.25, 0.3) is 0 Å². The Labute approximate surface area is 349 Å². The molecule has 0 fully saturated rings. The van der Waals surface area contributed by atoms with Gasteiger partial charge in [-0.3, -0.25) is 0 Å². The van der Waals surface area contributed by atoms with Gasteiger partial charge in [-0.1, -0.05) is 189 Å². The molecule has 0 amide bonds. The molecule has 0 atom stereocenters. The largest absolute Gasteiger partial charge is 1.00 e. The minimum Gasteiger partial charge on any atom is -0.0622 e. The molecule has 0 spiro atoms. The van der Waals surface area contributed by atoms with Crippen molar-refractivity contribution >= 4 is 103 Å². The van der Waals surface area contributed by atoms with Gasteiger partial charge in [-0.25, -0.2) is 0 Å². The molecule has 0 nitrogen and oxygen atoms in total. The van der Waals surface area contributed by atoms with Crippen molar-refractivity contribution < 1.29 is 17.1 Å². The van der Waals surface area contributed by atoms with Crippen LogP contribution in [-0.4, -0.2) is 40.1 Å². The fourth-order valence-corrected chi connectivity index (χ4v) is 42.3. The van der Waals surface area contributed by atoms with Crippen LogP contribution in [0.2, 0.25) is 0 Å². The van der Waals surface area contributed by atoms with Crippen molar-refractivity contribution in [2.75, 3.05) is 23.0 Å². The summed E-state index contributed by atoms with van der Waals surface area (Å²) in [6, 6.07) is 64.7. The Morgan fingerprint density at radius 1 is 0.365 bits per heavy atom. The molecule has 6 rings (SSSR count). The van der Waals surface area contributed by atoms with Crippen LogP contribution in [-0.2, 0) is 29.7 Å². The van der Waals surface area contributed by atoms with E-state index in [0.717, 1.165) is 5.75 Å². The Balaban J connectivity index is 0.000000270. The summed E-state index contributed by atoms with van der Waals surface area (Å²) in [5.41, 5.74) is 0. The minimum absolute atomic E-state index is 0. The third-order valence-electron chi connectivity index (χ3n) is 6.99. The van der Waals surface area contributed by atoms with Crippen molar-refractivity contribution in [1.82, 2.24) is 0 Å².